The first-order valence-electron chi connectivity index (χ1n) is 6.52. The van der Waals surface area contributed by atoms with Crippen molar-refractivity contribution in [1.82, 2.24) is 15.1 Å². The second-order valence-electron chi connectivity index (χ2n) is 4.96. The molecule has 0 aliphatic carbocycles. The molecule has 1 heterocycles. The molecule has 2 rings (SSSR count). The van der Waals surface area contributed by atoms with Gasteiger partial charge in [-0.3, -0.25) is 4.68 Å². The van der Waals surface area contributed by atoms with Crippen LogP contribution in [-0.2, 0) is 0 Å². The molecule has 1 aromatic carbocycles. The van der Waals surface area contributed by atoms with Crippen LogP contribution >= 0.6 is 0 Å². The van der Waals surface area contributed by atoms with Crippen molar-refractivity contribution in [3.8, 4) is 0 Å². The van der Waals surface area contributed by atoms with Gasteiger partial charge in [0, 0.05) is 18.9 Å². The van der Waals surface area contributed by atoms with Gasteiger partial charge < -0.3 is 5.32 Å². The van der Waals surface area contributed by atoms with Gasteiger partial charge in [-0.15, -0.1) is 0 Å². The zero-order chi connectivity index (χ0) is 12.8. The van der Waals surface area contributed by atoms with E-state index in [0.717, 1.165) is 13.1 Å². The van der Waals surface area contributed by atoms with Gasteiger partial charge in [0.15, 0.2) is 0 Å². The van der Waals surface area contributed by atoms with Gasteiger partial charge in [-0.2, -0.15) is 5.10 Å². The standard InChI is InChI=1S/C15H21N3/c1-13(2)11-16-12-15(18-10-6-9-17-18)14-7-4-3-5-8-14/h3-10,13,15-16H,11-12H2,1-2H3. The van der Waals surface area contributed by atoms with Gasteiger partial charge in [-0.25, -0.2) is 0 Å². The monoisotopic (exact) mass is 243 g/mol. The number of benzene rings is 1. The number of rotatable bonds is 6. The second-order valence-corrected chi connectivity index (χ2v) is 4.96. The summed E-state index contributed by atoms with van der Waals surface area (Å²) in [4.78, 5) is 0. The fourth-order valence-corrected chi connectivity index (χ4v) is 2.01. The average molecular weight is 243 g/mol. The van der Waals surface area contributed by atoms with Crippen molar-refractivity contribution in [3.63, 3.8) is 0 Å². The molecule has 0 aliphatic heterocycles. The van der Waals surface area contributed by atoms with Crippen LogP contribution in [0.2, 0.25) is 0 Å². The molecule has 3 nitrogen and oxygen atoms in total. The normalized spacial score (nSPS) is 12.8. The lowest BCUT2D eigenvalue weighted by Gasteiger charge is -2.19. The van der Waals surface area contributed by atoms with Gasteiger partial charge in [0.2, 0.25) is 0 Å². The summed E-state index contributed by atoms with van der Waals surface area (Å²) in [5, 5.41) is 7.88. The summed E-state index contributed by atoms with van der Waals surface area (Å²) in [7, 11) is 0. The zero-order valence-electron chi connectivity index (χ0n) is 11.1. The van der Waals surface area contributed by atoms with E-state index in [1.807, 2.05) is 29.2 Å². The lowest BCUT2D eigenvalue weighted by molar-refractivity contribution is 0.456. The SMILES string of the molecule is CC(C)CNCC(c1ccccc1)n1cccn1. The van der Waals surface area contributed by atoms with E-state index in [2.05, 4.69) is 48.5 Å². The average Bonchev–Trinajstić information content (AvgIpc) is 2.89. The maximum atomic E-state index is 4.37. The highest BCUT2D eigenvalue weighted by Gasteiger charge is 2.13. The first kappa shape index (κ1) is 12.8. The minimum Gasteiger partial charge on any atom is -0.314 e. The van der Waals surface area contributed by atoms with Gasteiger partial charge in [-0.05, 0) is 24.1 Å². The summed E-state index contributed by atoms with van der Waals surface area (Å²) in [5.41, 5.74) is 1.29. The molecule has 96 valence electrons. The third-order valence-electron chi connectivity index (χ3n) is 2.92. The van der Waals surface area contributed by atoms with Crippen molar-refractivity contribution in [2.75, 3.05) is 13.1 Å². The predicted octanol–water partition coefficient (Wildman–Crippen LogP) is 2.72. The maximum absolute atomic E-state index is 4.37. The second kappa shape index (κ2) is 6.36. The highest BCUT2D eigenvalue weighted by Crippen LogP contribution is 2.16. The summed E-state index contributed by atoms with van der Waals surface area (Å²) in [6.45, 7) is 6.38. The molecule has 0 radical (unpaired) electrons. The molecule has 1 atom stereocenters. The summed E-state index contributed by atoms with van der Waals surface area (Å²) >= 11 is 0. The van der Waals surface area contributed by atoms with Gasteiger partial charge >= 0.3 is 0 Å². The van der Waals surface area contributed by atoms with Crippen LogP contribution in [0.4, 0.5) is 0 Å². The van der Waals surface area contributed by atoms with Crippen molar-refractivity contribution in [2.24, 2.45) is 5.92 Å². The van der Waals surface area contributed by atoms with Gasteiger partial charge in [0.25, 0.3) is 0 Å². The van der Waals surface area contributed by atoms with E-state index in [4.69, 9.17) is 0 Å². The highest BCUT2D eigenvalue weighted by molar-refractivity contribution is 5.20. The van der Waals surface area contributed by atoms with E-state index in [9.17, 15) is 0 Å². The molecule has 0 fully saturated rings. The Labute approximate surface area is 109 Å². The largest absolute Gasteiger partial charge is 0.314 e. The molecule has 1 unspecified atom stereocenters. The molecule has 0 saturated heterocycles. The Morgan fingerprint density at radius 2 is 1.89 bits per heavy atom. The Kier molecular flexibility index (Phi) is 4.53. The van der Waals surface area contributed by atoms with Gasteiger partial charge in [0.1, 0.15) is 0 Å². The van der Waals surface area contributed by atoms with Crippen molar-refractivity contribution in [2.45, 2.75) is 19.9 Å². The third-order valence-corrected chi connectivity index (χ3v) is 2.92. The smallest absolute Gasteiger partial charge is 0.0892 e. The zero-order valence-corrected chi connectivity index (χ0v) is 11.1. The van der Waals surface area contributed by atoms with Crippen LogP contribution in [0, 0.1) is 5.92 Å². The molecule has 1 aromatic heterocycles. The molecule has 0 bridgehead atoms. The third kappa shape index (κ3) is 3.44. The first-order valence-corrected chi connectivity index (χ1v) is 6.52. The first-order chi connectivity index (χ1) is 8.77. The van der Waals surface area contributed by atoms with Gasteiger partial charge in [-0.1, -0.05) is 44.2 Å². The molecule has 0 amide bonds. The quantitative estimate of drug-likeness (QED) is 0.845. The van der Waals surface area contributed by atoms with Gasteiger partial charge in [0.05, 0.1) is 6.04 Å². The molecule has 1 N–H and O–H groups in total. The summed E-state index contributed by atoms with van der Waals surface area (Å²) in [6.07, 6.45) is 3.85. The van der Waals surface area contributed by atoms with E-state index in [1.165, 1.54) is 5.56 Å². The lowest BCUT2D eigenvalue weighted by Crippen LogP contribution is -2.29. The number of nitrogens with zero attached hydrogens (tertiary/aromatic N) is 2. The van der Waals surface area contributed by atoms with Crippen molar-refractivity contribution in [3.05, 3.63) is 54.4 Å². The molecule has 2 aromatic rings. The molecule has 0 saturated carbocycles. The van der Waals surface area contributed by atoms with E-state index >= 15 is 0 Å². The van der Waals surface area contributed by atoms with E-state index in [1.54, 1.807) is 0 Å². The number of hydrogen-bond donors (Lipinski definition) is 1. The number of nitrogens with one attached hydrogen (secondary N) is 1. The Balaban J connectivity index is 2.09. The van der Waals surface area contributed by atoms with Crippen molar-refractivity contribution < 1.29 is 0 Å². The van der Waals surface area contributed by atoms with E-state index < -0.39 is 0 Å². The van der Waals surface area contributed by atoms with Crippen LogP contribution in [0.1, 0.15) is 25.5 Å². The molecular formula is C15H21N3. The number of aromatic nitrogens is 2. The predicted molar refractivity (Wildman–Crippen MR) is 74.5 cm³/mol. The Bertz CT molecular complexity index is 434. The summed E-state index contributed by atoms with van der Waals surface area (Å²) in [6, 6.07) is 12.7. The van der Waals surface area contributed by atoms with Crippen LogP contribution < -0.4 is 5.32 Å². The Morgan fingerprint density at radius 3 is 2.50 bits per heavy atom. The van der Waals surface area contributed by atoms with Crippen LogP contribution in [0.15, 0.2) is 48.8 Å². The molecule has 18 heavy (non-hydrogen) atoms. The Hall–Kier alpha value is -1.61. The molecule has 0 aliphatic rings. The molecular weight excluding hydrogens is 222 g/mol. The fourth-order valence-electron chi connectivity index (χ4n) is 2.01. The van der Waals surface area contributed by atoms with Crippen LogP contribution in [0.3, 0.4) is 0 Å². The van der Waals surface area contributed by atoms with E-state index in [0.29, 0.717) is 5.92 Å². The van der Waals surface area contributed by atoms with Crippen LogP contribution in [-0.4, -0.2) is 22.9 Å². The van der Waals surface area contributed by atoms with Crippen LogP contribution in [0.25, 0.3) is 0 Å². The fraction of sp³-hybridized carbons (Fsp3) is 0.400. The highest BCUT2D eigenvalue weighted by atomic mass is 15.3. The van der Waals surface area contributed by atoms with Crippen LogP contribution in [0.5, 0.6) is 0 Å². The summed E-state index contributed by atoms with van der Waals surface area (Å²) in [5.74, 6) is 0.666. The lowest BCUT2D eigenvalue weighted by atomic mass is 10.1. The summed E-state index contributed by atoms with van der Waals surface area (Å²) < 4.78 is 2.02. The Morgan fingerprint density at radius 1 is 1.11 bits per heavy atom. The minimum absolute atomic E-state index is 0.264. The molecule has 0 spiro atoms. The number of hydrogen-bond acceptors (Lipinski definition) is 2. The van der Waals surface area contributed by atoms with E-state index in [-0.39, 0.29) is 6.04 Å². The maximum Gasteiger partial charge on any atom is 0.0892 e. The van der Waals surface area contributed by atoms with Crippen molar-refractivity contribution in [1.29, 1.82) is 0 Å². The minimum atomic E-state index is 0.264. The molecule has 3 heteroatoms. The van der Waals surface area contributed by atoms with Crippen molar-refractivity contribution >= 4 is 0 Å². The topological polar surface area (TPSA) is 29.9 Å².